The molecule has 2 aromatic rings. The van der Waals surface area contributed by atoms with Gasteiger partial charge in [-0.25, -0.2) is 8.42 Å². The normalized spacial score (nSPS) is 18.2. The van der Waals surface area contributed by atoms with E-state index >= 15 is 0 Å². The number of hydrogen-bond acceptors (Lipinski definition) is 3. The second-order valence-corrected chi connectivity index (χ2v) is 9.68. The average Bonchev–Trinajstić information content (AvgIpc) is 2.86. The monoisotopic (exact) mass is 470 g/mol. The molecule has 27 heavy (non-hydrogen) atoms. The maximum atomic E-state index is 13.4. The molecule has 0 radical (unpaired) electrons. The third-order valence-electron chi connectivity index (χ3n) is 4.53. The maximum absolute atomic E-state index is 13.4. The Bertz CT molecular complexity index is 902. The van der Waals surface area contributed by atoms with Crippen LogP contribution in [0.4, 0.5) is 0 Å². The second-order valence-electron chi connectivity index (χ2n) is 6.43. The number of carbonyl (C=O) groups is 1. The largest absolute Gasteiger partial charge is 0.355 e. The van der Waals surface area contributed by atoms with Gasteiger partial charge in [-0.3, -0.25) is 4.79 Å². The van der Waals surface area contributed by atoms with E-state index in [0.717, 1.165) is 22.9 Å². The van der Waals surface area contributed by atoms with E-state index in [-0.39, 0.29) is 17.3 Å². The summed E-state index contributed by atoms with van der Waals surface area (Å²) in [5.41, 5.74) is 0.813. The molecule has 0 aromatic heterocycles. The van der Waals surface area contributed by atoms with E-state index in [1.807, 2.05) is 24.3 Å². The van der Waals surface area contributed by atoms with Crippen molar-refractivity contribution in [1.29, 1.82) is 0 Å². The van der Waals surface area contributed by atoms with Crippen LogP contribution in [-0.2, 0) is 21.4 Å². The Balaban J connectivity index is 2.01. The minimum Gasteiger partial charge on any atom is -0.355 e. The first-order valence-corrected chi connectivity index (χ1v) is 11.3. The molecule has 3 rings (SSSR count). The number of amides is 1. The van der Waals surface area contributed by atoms with Crippen LogP contribution in [0.15, 0.2) is 57.9 Å². The zero-order valence-corrected chi connectivity index (χ0v) is 17.7. The van der Waals surface area contributed by atoms with Crippen LogP contribution in [0.3, 0.4) is 0 Å². The molecule has 5 nitrogen and oxygen atoms in total. The van der Waals surface area contributed by atoms with Gasteiger partial charge in [0.2, 0.25) is 15.9 Å². The van der Waals surface area contributed by atoms with E-state index in [4.69, 9.17) is 11.6 Å². The third-order valence-corrected chi connectivity index (χ3v) is 7.18. The van der Waals surface area contributed by atoms with Crippen molar-refractivity contribution >= 4 is 43.5 Å². The Morgan fingerprint density at radius 3 is 2.41 bits per heavy atom. The molecule has 0 aliphatic carbocycles. The van der Waals surface area contributed by atoms with E-state index in [9.17, 15) is 13.2 Å². The van der Waals surface area contributed by atoms with Gasteiger partial charge in [0.05, 0.1) is 4.90 Å². The molecule has 0 unspecified atom stereocenters. The highest BCUT2D eigenvalue weighted by atomic mass is 79.9. The first-order valence-electron chi connectivity index (χ1n) is 8.67. The number of rotatable bonds is 5. The fourth-order valence-corrected chi connectivity index (χ4v) is 5.07. The summed E-state index contributed by atoms with van der Waals surface area (Å²) in [5.74, 6) is -0.248. The van der Waals surface area contributed by atoms with Gasteiger partial charge in [0.25, 0.3) is 0 Å². The van der Waals surface area contributed by atoms with Gasteiger partial charge in [0, 0.05) is 22.6 Å². The highest BCUT2D eigenvalue weighted by Gasteiger charge is 2.36. The lowest BCUT2D eigenvalue weighted by Crippen LogP contribution is -2.48. The highest BCUT2D eigenvalue weighted by Crippen LogP contribution is 2.26. The Morgan fingerprint density at radius 2 is 1.74 bits per heavy atom. The van der Waals surface area contributed by atoms with Crippen molar-refractivity contribution in [3.63, 3.8) is 0 Å². The maximum Gasteiger partial charge on any atom is 0.244 e. The minimum absolute atomic E-state index is 0.121. The summed E-state index contributed by atoms with van der Waals surface area (Å²) in [6, 6.07) is 12.7. The molecular weight excluding hydrogens is 452 g/mol. The van der Waals surface area contributed by atoms with E-state index < -0.39 is 16.1 Å². The molecule has 8 heteroatoms. The van der Waals surface area contributed by atoms with Crippen LogP contribution in [0.1, 0.15) is 24.8 Å². The molecule has 1 amide bonds. The molecule has 1 fully saturated rings. The Morgan fingerprint density at radius 1 is 1.07 bits per heavy atom. The van der Waals surface area contributed by atoms with Crippen molar-refractivity contribution in [3.8, 4) is 0 Å². The Labute approximate surface area is 172 Å². The zero-order valence-electron chi connectivity index (χ0n) is 14.6. The average molecular weight is 472 g/mol. The van der Waals surface area contributed by atoms with Crippen molar-refractivity contribution in [3.05, 3.63) is 63.6 Å². The fourth-order valence-electron chi connectivity index (χ4n) is 3.07. The molecule has 1 aliphatic heterocycles. The van der Waals surface area contributed by atoms with Crippen LogP contribution >= 0.6 is 27.5 Å². The summed E-state index contributed by atoms with van der Waals surface area (Å²) in [4.78, 5) is 12.7. The molecule has 1 saturated heterocycles. The van der Waals surface area contributed by atoms with Gasteiger partial charge in [-0.2, -0.15) is 4.31 Å². The fraction of sp³-hybridized carbons (Fsp3) is 0.316. The summed E-state index contributed by atoms with van der Waals surface area (Å²) < 4.78 is 28.9. The molecule has 0 spiro atoms. The second kappa shape index (κ2) is 8.73. The van der Waals surface area contributed by atoms with Gasteiger partial charge >= 0.3 is 0 Å². The lowest BCUT2D eigenvalue weighted by molar-refractivity contribution is -0.124. The van der Waals surface area contributed by atoms with Gasteiger partial charge in [-0.05, 0) is 61.2 Å². The molecule has 2 aromatic carbocycles. The molecule has 0 bridgehead atoms. The Kier molecular flexibility index (Phi) is 6.57. The van der Waals surface area contributed by atoms with E-state index in [0.29, 0.717) is 18.0 Å². The van der Waals surface area contributed by atoms with E-state index in [2.05, 4.69) is 21.2 Å². The summed E-state index contributed by atoms with van der Waals surface area (Å²) in [6.07, 6.45) is 2.13. The Hall–Kier alpha value is -1.41. The third kappa shape index (κ3) is 4.90. The predicted molar refractivity (Wildman–Crippen MR) is 109 cm³/mol. The van der Waals surface area contributed by atoms with E-state index in [1.165, 1.54) is 16.4 Å². The minimum atomic E-state index is -3.87. The molecule has 1 N–H and O–H groups in total. The van der Waals surface area contributed by atoms with E-state index in [1.54, 1.807) is 12.1 Å². The van der Waals surface area contributed by atoms with Gasteiger partial charge in [0.1, 0.15) is 6.04 Å². The molecular formula is C19H20BrClN2O3S. The molecule has 1 aliphatic rings. The van der Waals surface area contributed by atoms with Gasteiger partial charge < -0.3 is 5.32 Å². The number of benzene rings is 2. The quantitative estimate of drug-likeness (QED) is 0.718. The molecule has 0 saturated carbocycles. The molecule has 144 valence electrons. The van der Waals surface area contributed by atoms with Crippen LogP contribution < -0.4 is 5.32 Å². The topological polar surface area (TPSA) is 66.5 Å². The number of nitrogens with one attached hydrogen (secondary N) is 1. The number of nitrogens with zero attached hydrogens (tertiary/aromatic N) is 1. The number of carbonyl (C=O) groups excluding carboxylic acids is 1. The van der Waals surface area contributed by atoms with Crippen LogP contribution in [0, 0.1) is 0 Å². The van der Waals surface area contributed by atoms with Crippen molar-refractivity contribution in [2.75, 3.05) is 6.54 Å². The number of halogens is 2. The number of sulfonamides is 1. The van der Waals surface area contributed by atoms with Gasteiger partial charge in [-0.15, -0.1) is 0 Å². The van der Waals surface area contributed by atoms with Crippen molar-refractivity contribution in [1.82, 2.24) is 9.62 Å². The van der Waals surface area contributed by atoms with Crippen LogP contribution in [0.2, 0.25) is 5.02 Å². The van der Waals surface area contributed by atoms with Crippen LogP contribution in [-0.4, -0.2) is 31.2 Å². The SMILES string of the molecule is O=C1NCCCC[C@H]1N(Cc1ccc(Br)cc1)S(=O)(=O)c1ccc(Cl)cc1. The lowest BCUT2D eigenvalue weighted by Gasteiger charge is -2.29. The van der Waals surface area contributed by atoms with Crippen molar-refractivity contribution < 1.29 is 13.2 Å². The lowest BCUT2D eigenvalue weighted by atomic mass is 10.1. The smallest absolute Gasteiger partial charge is 0.244 e. The van der Waals surface area contributed by atoms with Crippen LogP contribution in [0.25, 0.3) is 0 Å². The standard InChI is InChI=1S/C19H20BrClN2O3S/c20-15-6-4-14(5-7-15)13-23(18-3-1-2-12-22-19(18)24)27(25,26)17-10-8-16(21)9-11-17/h4-11,18H,1-3,12-13H2,(H,22,24)/t18-/m1/s1. The highest BCUT2D eigenvalue weighted by molar-refractivity contribution is 9.10. The molecule has 1 heterocycles. The van der Waals surface area contributed by atoms with Crippen molar-refractivity contribution in [2.45, 2.75) is 36.7 Å². The van der Waals surface area contributed by atoms with Gasteiger partial charge in [0.15, 0.2) is 0 Å². The predicted octanol–water partition coefficient (Wildman–Crippen LogP) is 3.96. The van der Waals surface area contributed by atoms with Gasteiger partial charge in [-0.1, -0.05) is 39.7 Å². The summed E-state index contributed by atoms with van der Waals surface area (Å²) >= 11 is 9.29. The van der Waals surface area contributed by atoms with Crippen LogP contribution in [0.5, 0.6) is 0 Å². The zero-order chi connectivity index (χ0) is 19.4. The first-order chi connectivity index (χ1) is 12.9. The molecule has 1 atom stereocenters. The summed E-state index contributed by atoms with van der Waals surface area (Å²) in [6.45, 7) is 0.693. The van der Waals surface area contributed by atoms with Crippen molar-refractivity contribution in [2.24, 2.45) is 0 Å². The summed E-state index contributed by atoms with van der Waals surface area (Å²) in [5, 5.41) is 3.29. The summed E-state index contributed by atoms with van der Waals surface area (Å²) in [7, 11) is -3.87. The number of hydrogen-bond donors (Lipinski definition) is 1. The first kappa shape index (κ1) is 20.3.